The number of carbonyl (C=O) groups excluding carboxylic acids is 1. The number of esters is 1. The minimum Gasteiger partial charge on any atom is -0.458 e. The summed E-state index contributed by atoms with van der Waals surface area (Å²) >= 11 is 0. The molecule has 0 saturated heterocycles. The molecule has 1 heterocycles. The number of aliphatic hydroxyl groups is 2. The highest BCUT2D eigenvalue weighted by Crippen LogP contribution is 2.43. The SMILES string of the molecule is CC(C)(C)[Si](C)(C)O[C@H]1CC2=C(COC2=O)[C@H](O)[C@]1(C)O. The summed E-state index contributed by atoms with van der Waals surface area (Å²) in [6.07, 6.45) is -1.43. The molecule has 6 heteroatoms. The van der Waals surface area contributed by atoms with Crippen molar-refractivity contribution in [3.8, 4) is 0 Å². The van der Waals surface area contributed by atoms with Gasteiger partial charge in [0.1, 0.15) is 18.3 Å². The first-order valence-electron chi connectivity index (χ1n) is 7.35. The molecular weight excluding hydrogens is 288 g/mol. The van der Waals surface area contributed by atoms with Crippen LogP contribution in [0, 0.1) is 0 Å². The zero-order chi connectivity index (χ0) is 16.2. The van der Waals surface area contributed by atoms with Crippen LogP contribution >= 0.6 is 0 Å². The molecule has 0 aromatic carbocycles. The standard InChI is InChI=1S/C15H26O5Si/c1-14(2,3)21(5,6)20-11-7-9-10(8-19-13(9)17)12(16)15(11,4)18/h11-12,16,18H,7-8H2,1-6H3/t11-,12-,15+/m0/s1. The van der Waals surface area contributed by atoms with E-state index in [1.54, 1.807) is 6.92 Å². The fraction of sp³-hybridized carbons (Fsp3) is 0.800. The van der Waals surface area contributed by atoms with Crippen molar-refractivity contribution in [3.63, 3.8) is 0 Å². The third kappa shape index (κ3) is 2.70. The van der Waals surface area contributed by atoms with Crippen LogP contribution in [0.25, 0.3) is 0 Å². The van der Waals surface area contributed by atoms with E-state index in [1.165, 1.54) is 0 Å². The maximum absolute atomic E-state index is 11.8. The molecule has 0 fully saturated rings. The van der Waals surface area contributed by atoms with Crippen molar-refractivity contribution >= 4 is 14.3 Å². The number of hydrogen-bond acceptors (Lipinski definition) is 5. The summed E-state index contributed by atoms with van der Waals surface area (Å²) in [6.45, 7) is 12.2. The zero-order valence-corrected chi connectivity index (χ0v) is 14.7. The molecule has 0 aromatic heterocycles. The third-order valence-electron chi connectivity index (χ3n) is 5.16. The lowest BCUT2D eigenvalue weighted by Gasteiger charge is -2.46. The molecule has 0 bridgehead atoms. The lowest BCUT2D eigenvalue weighted by Crippen LogP contribution is -2.58. The van der Waals surface area contributed by atoms with Crippen LogP contribution in [0.2, 0.25) is 18.1 Å². The summed E-state index contributed by atoms with van der Waals surface area (Å²) in [6, 6.07) is 0. The molecule has 2 rings (SSSR count). The lowest BCUT2D eigenvalue weighted by atomic mass is 9.78. The molecule has 2 N–H and O–H groups in total. The predicted molar refractivity (Wildman–Crippen MR) is 81.3 cm³/mol. The van der Waals surface area contributed by atoms with Gasteiger partial charge in [0.25, 0.3) is 0 Å². The highest BCUT2D eigenvalue weighted by molar-refractivity contribution is 6.74. The Hall–Kier alpha value is -0.693. The third-order valence-corrected chi connectivity index (χ3v) is 9.65. The second-order valence-electron chi connectivity index (χ2n) is 7.78. The molecule has 0 aromatic rings. The Bertz CT molecular complexity index is 487. The Labute approximate surface area is 127 Å². The Morgan fingerprint density at radius 3 is 2.48 bits per heavy atom. The molecule has 21 heavy (non-hydrogen) atoms. The number of rotatable bonds is 2. The van der Waals surface area contributed by atoms with Crippen molar-refractivity contribution in [3.05, 3.63) is 11.1 Å². The largest absolute Gasteiger partial charge is 0.458 e. The van der Waals surface area contributed by atoms with Crippen molar-refractivity contribution in [1.29, 1.82) is 0 Å². The lowest BCUT2D eigenvalue weighted by molar-refractivity contribution is -0.136. The Morgan fingerprint density at radius 1 is 1.38 bits per heavy atom. The van der Waals surface area contributed by atoms with E-state index in [9.17, 15) is 15.0 Å². The first-order chi connectivity index (χ1) is 9.38. The molecule has 1 aliphatic heterocycles. The van der Waals surface area contributed by atoms with Gasteiger partial charge < -0.3 is 19.4 Å². The molecule has 0 amide bonds. The van der Waals surface area contributed by atoms with Crippen molar-refractivity contribution in [2.24, 2.45) is 0 Å². The summed E-state index contributed by atoms with van der Waals surface area (Å²) in [5.41, 5.74) is -0.444. The summed E-state index contributed by atoms with van der Waals surface area (Å²) < 4.78 is 11.3. The number of ether oxygens (including phenoxy) is 1. The van der Waals surface area contributed by atoms with E-state index >= 15 is 0 Å². The molecule has 2 aliphatic rings. The van der Waals surface area contributed by atoms with E-state index in [4.69, 9.17) is 9.16 Å². The second kappa shape index (κ2) is 4.91. The van der Waals surface area contributed by atoms with Crippen LogP contribution in [0.15, 0.2) is 11.1 Å². The van der Waals surface area contributed by atoms with Gasteiger partial charge in [0, 0.05) is 17.6 Å². The van der Waals surface area contributed by atoms with E-state index in [1.807, 2.05) is 0 Å². The molecule has 1 aliphatic carbocycles. The van der Waals surface area contributed by atoms with Crippen molar-refractivity contribution in [2.75, 3.05) is 6.61 Å². The molecule has 5 nitrogen and oxygen atoms in total. The van der Waals surface area contributed by atoms with E-state index in [-0.39, 0.29) is 11.6 Å². The Morgan fingerprint density at radius 2 is 1.95 bits per heavy atom. The van der Waals surface area contributed by atoms with E-state index in [0.717, 1.165) is 0 Å². The van der Waals surface area contributed by atoms with Gasteiger partial charge in [-0.25, -0.2) is 4.79 Å². The van der Waals surface area contributed by atoms with Gasteiger partial charge >= 0.3 is 5.97 Å². The summed E-state index contributed by atoms with van der Waals surface area (Å²) in [7, 11) is -2.12. The first kappa shape index (κ1) is 16.7. The monoisotopic (exact) mass is 314 g/mol. The topological polar surface area (TPSA) is 76.0 Å². The van der Waals surface area contributed by atoms with E-state index in [0.29, 0.717) is 17.6 Å². The molecule has 0 radical (unpaired) electrons. The number of hydrogen-bond donors (Lipinski definition) is 2. The average Bonchev–Trinajstić information content (AvgIpc) is 2.66. The Kier molecular flexibility index (Phi) is 3.90. The number of cyclic esters (lactones) is 1. The van der Waals surface area contributed by atoms with Gasteiger partial charge in [0.05, 0.1) is 6.10 Å². The zero-order valence-electron chi connectivity index (χ0n) is 13.7. The first-order valence-corrected chi connectivity index (χ1v) is 10.3. The maximum Gasteiger partial charge on any atom is 0.334 e. The van der Waals surface area contributed by atoms with E-state index in [2.05, 4.69) is 33.9 Å². The van der Waals surface area contributed by atoms with Crippen LogP contribution in [-0.4, -0.2) is 48.9 Å². The second-order valence-corrected chi connectivity index (χ2v) is 12.5. The highest BCUT2D eigenvalue weighted by Gasteiger charge is 2.53. The van der Waals surface area contributed by atoms with Crippen LogP contribution in [0.1, 0.15) is 34.1 Å². The Balaban J connectivity index is 2.31. The quantitative estimate of drug-likeness (QED) is 0.600. The number of aliphatic hydroxyl groups excluding tert-OH is 1. The van der Waals surface area contributed by atoms with Crippen LogP contribution < -0.4 is 0 Å². The molecular formula is C15H26O5Si. The van der Waals surface area contributed by atoms with Crippen molar-refractivity contribution in [2.45, 2.75) is 70.1 Å². The summed E-state index contributed by atoms with van der Waals surface area (Å²) in [5.74, 6) is -0.400. The van der Waals surface area contributed by atoms with Crippen LogP contribution in [0.5, 0.6) is 0 Å². The highest BCUT2D eigenvalue weighted by atomic mass is 28.4. The summed E-state index contributed by atoms with van der Waals surface area (Å²) in [4.78, 5) is 11.8. The molecule has 3 atom stereocenters. The smallest absolute Gasteiger partial charge is 0.334 e. The molecule has 0 spiro atoms. The fourth-order valence-electron chi connectivity index (χ4n) is 2.52. The van der Waals surface area contributed by atoms with Crippen molar-refractivity contribution < 1.29 is 24.2 Å². The van der Waals surface area contributed by atoms with Crippen LogP contribution in [0.4, 0.5) is 0 Å². The number of carbonyl (C=O) groups is 1. The van der Waals surface area contributed by atoms with Gasteiger partial charge in [0.15, 0.2) is 8.32 Å². The minimum absolute atomic E-state index is 0.0150. The normalized spacial score (nSPS) is 34.0. The van der Waals surface area contributed by atoms with Crippen molar-refractivity contribution in [1.82, 2.24) is 0 Å². The molecule has 0 saturated carbocycles. The van der Waals surface area contributed by atoms with Gasteiger partial charge in [-0.2, -0.15) is 0 Å². The predicted octanol–water partition coefficient (Wildman–Crippen LogP) is 1.75. The van der Waals surface area contributed by atoms with Gasteiger partial charge in [0.2, 0.25) is 0 Å². The van der Waals surface area contributed by atoms with Gasteiger partial charge in [-0.15, -0.1) is 0 Å². The molecule has 120 valence electrons. The van der Waals surface area contributed by atoms with Crippen LogP contribution in [-0.2, 0) is 14.0 Å². The van der Waals surface area contributed by atoms with E-state index < -0.39 is 32.1 Å². The maximum atomic E-state index is 11.8. The minimum atomic E-state index is -2.12. The molecule has 0 unspecified atom stereocenters. The van der Waals surface area contributed by atoms with Crippen LogP contribution in [0.3, 0.4) is 0 Å². The van der Waals surface area contributed by atoms with Gasteiger partial charge in [-0.1, -0.05) is 20.8 Å². The fourth-order valence-corrected chi connectivity index (χ4v) is 3.91. The summed E-state index contributed by atoms with van der Waals surface area (Å²) in [5, 5.41) is 21.1. The average molecular weight is 314 g/mol. The van der Waals surface area contributed by atoms with Gasteiger partial charge in [-0.05, 0) is 25.1 Å². The van der Waals surface area contributed by atoms with Gasteiger partial charge in [-0.3, -0.25) is 0 Å².